The highest BCUT2D eigenvalue weighted by atomic mass is 32.2. The Morgan fingerprint density at radius 1 is 1.22 bits per heavy atom. The molecule has 0 aliphatic rings. The van der Waals surface area contributed by atoms with Crippen molar-refractivity contribution in [2.24, 2.45) is 0 Å². The zero-order valence-corrected chi connectivity index (χ0v) is 14.8. The summed E-state index contributed by atoms with van der Waals surface area (Å²) in [6, 6.07) is 6.47. The molecule has 1 amide bonds. The van der Waals surface area contributed by atoms with Gasteiger partial charge in [0.1, 0.15) is 0 Å². The molecule has 0 saturated heterocycles. The molecule has 6 nitrogen and oxygen atoms in total. The molecular weight excluding hydrogens is 316 g/mol. The fourth-order valence-electron chi connectivity index (χ4n) is 2.00. The third-order valence-corrected chi connectivity index (χ3v) is 4.79. The predicted octanol–water partition coefficient (Wildman–Crippen LogP) is 1.46. The topological polar surface area (TPSA) is 84.5 Å². The van der Waals surface area contributed by atoms with Gasteiger partial charge < -0.3 is 10.1 Å². The average molecular weight is 342 g/mol. The molecule has 0 radical (unpaired) electrons. The van der Waals surface area contributed by atoms with E-state index in [1.165, 1.54) is 0 Å². The number of aryl methyl sites for hydroxylation is 1. The Bertz CT molecular complexity index is 583. The van der Waals surface area contributed by atoms with Gasteiger partial charge in [0.15, 0.2) is 0 Å². The molecule has 0 aliphatic heterocycles. The number of sulfonamides is 1. The molecule has 0 aliphatic carbocycles. The van der Waals surface area contributed by atoms with E-state index in [4.69, 9.17) is 4.74 Å². The number of ether oxygens (including phenoxy) is 1. The quantitative estimate of drug-likeness (QED) is 0.631. The zero-order chi connectivity index (χ0) is 17.3. The van der Waals surface area contributed by atoms with Gasteiger partial charge in [-0.2, -0.15) is 0 Å². The maximum Gasteiger partial charge on any atom is 0.240 e. The molecule has 1 rings (SSSR count). The molecular formula is C16H26N2O4S. The lowest BCUT2D eigenvalue weighted by molar-refractivity contribution is -0.121. The highest BCUT2D eigenvalue weighted by molar-refractivity contribution is 7.89. The first-order chi connectivity index (χ1) is 10.8. The van der Waals surface area contributed by atoms with E-state index in [0.29, 0.717) is 26.0 Å². The number of carbonyl (C=O) groups excluding carboxylic acids is 1. The van der Waals surface area contributed by atoms with Gasteiger partial charge in [-0.05, 0) is 44.4 Å². The van der Waals surface area contributed by atoms with Crippen LogP contribution in [0.15, 0.2) is 29.2 Å². The molecule has 0 spiro atoms. The third kappa shape index (κ3) is 7.58. The highest BCUT2D eigenvalue weighted by Gasteiger charge is 2.14. The number of methoxy groups -OCH3 is 1. The lowest BCUT2D eigenvalue weighted by Crippen LogP contribution is -2.30. The van der Waals surface area contributed by atoms with Crippen LogP contribution in [0.3, 0.4) is 0 Å². The molecule has 23 heavy (non-hydrogen) atoms. The first-order valence-corrected chi connectivity index (χ1v) is 9.20. The molecule has 7 heteroatoms. The van der Waals surface area contributed by atoms with Crippen LogP contribution in [0.25, 0.3) is 0 Å². The van der Waals surface area contributed by atoms with E-state index in [1.807, 2.05) is 0 Å². The first-order valence-electron chi connectivity index (χ1n) is 7.72. The number of hydrogen-bond acceptors (Lipinski definition) is 4. The number of benzene rings is 1. The normalized spacial score (nSPS) is 11.7. The minimum Gasteiger partial charge on any atom is -0.385 e. The van der Waals surface area contributed by atoms with Crippen molar-refractivity contribution in [3.63, 3.8) is 0 Å². The Labute approximate surface area is 138 Å². The van der Waals surface area contributed by atoms with Gasteiger partial charge in [-0.1, -0.05) is 12.1 Å². The van der Waals surface area contributed by atoms with Crippen LogP contribution >= 0.6 is 0 Å². The lowest BCUT2D eigenvalue weighted by atomic mass is 10.1. The number of amides is 1. The Morgan fingerprint density at radius 3 is 2.43 bits per heavy atom. The fourth-order valence-corrected chi connectivity index (χ4v) is 3.26. The monoisotopic (exact) mass is 342 g/mol. The Morgan fingerprint density at radius 2 is 1.87 bits per heavy atom. The largest absolute Gasteiger partial charge is 0.385 e. The minimum atomic E-state index is -3.47. The van der Waals surface area contributed by atoms with E-state index in [-0.39, 0.29) is 16.8 Å². The van der Waals surface area contributed by atoms with Crippen LogP contribution in [-0.4, -0.2) is 40.6 Å². The second kappa shape index (κ2) is 9.64. The van der Waals surface area contributed by atoms with Crippen molar-refractivity contribution in [2.45, 2.75) is 44.0 Å². The maximum atomic E-state index is 12.0. The second-order valence-corrected chi connectivity index (χ2v) is 7.33. The smallest absolute Gasteiger partial charge is 0.240 e. The molecule has 1 aromatic carbocycles. The highest BCUT2D eigenvalue weighted by Crippen LogP contribution is 2.12. The summed E-state index contributed by atoms with van der Waals surface area (Å²) in [6.07, 6.45) is 1.75. The van der Waals surface area contributed by atoms with Gasteiger partial charge in [-0.15, -0.1) is 0 Å². The summed E-state index contributed by atoms with van der Waals surface area (Å²) in [5, 5.41) is 2.82. The number of hydrogen-bond donors (Lipinski definition) is 2. The van der Waals surface area contributed by atoms with Crippen LogP contribution in [0.1, 0.15) is 32.3 Å². The summed E-state index contributed by atoms with van der Waals surface area (Å²) in [7, 11) is -1.84. The Balaban J connectivity index is 2.47. The van der Waals surface area contributed by atoms with E-state index in [0.717, 1.165) is 12.0 Å². The van der Waals surface area contributed by atoms with E-state index in [1.54, 1.807) is 45.2 Å². The van der Waals surface area contributed by atoms with Crippen LogP contribution < -0.4 is 10.0 Å². The van der Waals surface area contributed by atoms with Gasteiger partial charge in [0.2, 0.25) is 15.9 Å². The van der Waals surface area contributed by atoms with Gasteiger partial charge in [0, 0.05) is 32.7 Å². The van der Waals surface area contributed by atoms with E-state index in [9.17, 15) is 13.2 Å². The van der Waals surface area contributed by atoms with E-state index >= 15 is 0 Å². The lowest BCUT2D eigenvalue weighted by Gasteiger charge is -2.10. The molecule has 0 heterocycles. The summed E-state index contributed by atoms with van der Waals surface area (Å²) in [6.45, 7) is 4.78. The molecule has 0 unspecified atom stereocenters. The van der Waals surface area contributed by atoms with E-state index < -0.39 is 10.0 Å². The van der Waals surface area contributed by atoms with Gasteiger partial charge in [0.25, 0.3) is 0 Å². The molecule has 2 N–H and O–H groups in total. The molecule has 0 fully saturated rings. The molecule has 1 aromatic rings. The molecule has 0 saturated carbocycles. The molecule has 0 atom stereocenters. The summed E-state index contributed by atoms with van der Waals surface area (Å²) < 4.78 is 31.5. The zero-order valence-electron chi connectivity index (χ0n) is 14.0. The van der Waals surface area contributed by atoms with Gasteiger partial charge >= 0.3 is 0 Å². The van der Waals surface area contributed by atoms with Crippen LogP contribution in [0, 0.1) is 0 Å². The van der Waals surface area contributed by atoms with Crippen molar-refractivity contribution in [1.82, 2.24) is 10.0 Å². The van der Waals surface area contributed by atoms with Gasteiger partial charge in [0.05, 0.1) is 4.90 Å². The Kier molecular flexibility index (Phi) is 8.22. The molecule has 0 bridgehead atoms. The van der Waals surface area contributed by atoms with Crippen LogP contribution in [0.5, 0.6) is 0 Å². The SMILES string of the molecule is COCCCNC(=O)CCc1ccc(S(=O)(=O)NC(C)C)cc1. The van der Waals surface area contributed by atoms with Gasteiger partial charge in [-0.25, -0.2) is 13.1 Å². The van der Waals surface area contributed by atoms with Crippen LogP contribution in [0.4, 0.5) is 0 Å². The summed E-state index contributed by atoms with van der Waals surface area (Å²) >= 11 is 0. The summed E-state index contributed by atoms with van der Waals surface area (Å²) in [4.78, 5) is 11.9. The minimum absolute atomic E-state index is 0.0146. The summed E-state index contributed by atoms with van der Waals surface area (Å²) in [5.41, 5.74) is 0.931. The van der Waals surface area contributed by atoms with Crippen molar-refractivity contribution in [3.05, 3.63) is 29.8 Å². The van der Waals surface area contributed by atoms with E-state index in [2.05, 4.69) is 10.0 Å². The van der Waals surface area contributed by atoms with Gasteiger partial charge in [-0.3, -0.25) is 4.79 Å². The summed E-state index contributed by atoms with van der Waals surface area (Å²) in [5.74, 6) is -0.0146. The van der Waals surface area contributed by atoms with Crippen molar-refractivity contribution in [3.8, 4) is 0 Å². The second-order valence-electron chi connectivity index (χ2n) is 5.62. The van der Waals surface area contributed by atoms with Crippen LogP contribution in [-0.2, 0) is 26.0 Å². The Hall–Kier alpha value is -1.44. The van der Waals surface area contributed by atoms with Crippen molar-refractivity contribution in [2.75, 3.05) is 20.3 Å². The first kappa shape index (κ1) is 19.6. The predicted molar refractivity (Wildman–Crippen MR) is 89.7 cm³/mol. The average Bonchev–Trinajstić information content (AvgIpc) is 2.49. The molecule has 0 aromatic heterocycles. The number of carbonyl (C=O) groups is 1. The maximum absolute atomic E-state index is 12.0. The van der Waals surface area contributed by atoms with Crippen molar-refractivity contribution < 1.29 is 17.9 Å². The van der Waals surface area contributed by atoms with Crippen molar-refractivity contribution >= 4 is 15.9 Å². The molecule has 130 valence electrons. The standard InChI is InChI=1S/C16H26N2O4S/c1-13(2)18-23(20,21)15-8-5-14(6-9-15)7-10-16(19)17-11-4-12-22-3/h5-6,8-9,13,18H,4,7,10-12H2,1-3H3,(H,17,19). The fraction of sp³-hybridized carbons (Fsp3) is 0.562. The number of nitrogens with one attached hydrogen (secondary N) is 2. The number of rotatable bonds is 10. The van der Waals surface area contributed by atoms with Crippen molar-refractivity contribution in [1.29, 1.82) is 0 Å². The van der Waals surface area contributed by atoms with Crippen LogP contribution in [0.2, 0.25) is 0 Å². The third-order valence-electron chi connectivity index (χ3n) is 3.11.